The molecule has 0 amide bonds. The van der Waals surface area contributed by atoms with Gasteiger partial charge in [-0.3, -0.25) is 0 Å². The predicted molar refractivity (Wildman–Crippen MR) is 77.5 cm³/mol. The summed E-state index contributed by atoms with van der Waals surface area (Å²) in [4.78, 5) is 6.76. The zero-order valence-corrected chi connectivity index (χ0v) is 13.3. The predicted octanol–water partition coefficient (Wildman–Crippen LogP) is 3.76. The van der Waals surface area contributed by atoms with Crippen LogP contribution in [0.2, 0.25) is 0 Å². The third kappa shape index (κ3) is 4.63. The quantitative estimate of drug-likeness (QED) is 0.867. The van der Waals surface area contributed by atoms with Gasteiger partial charge in [-0.05, 0) is 26.8 Å². The van der Waals surface area contributed by atoms with Crippen LogP contribution in [0.15, 0.2) is 0 Å². The molecule has 1 rings (SSSR count). The molecule has 0 spiro atoms. The molecular formula is C13H22F3N3S. The van der Waals surface area contributed by atoms with Crippen molar-refractivity contribution in [3.8, 4) is 0 Å². The zero-order chi connectivity index (χ0) is 15.5. The lowest BCUT2D eigenvalue weighted by atomic mass is 10.1. The molecule has 1 N–H and O–H groups in total. The second-order valence-corrected chi connectivity index (χ2v) is 6.39. The van der Waals surface area contributed by atoms with Crippen LogP contribution in [0.4, 0.5) is 18.3 Å². The maximum atomic E-state index is 12.7. The molecule has 0 saturated carbocycles. The van der Waals surface area contributed by atoms with Crippen LogP contribution in [-0.2, 0) is 6.54 Å². The van der Waals surface area contributed by atoms with E-state index in [2.05, 4.69) is 10.3 Å². The first-order valence-corrected chi connectivity index (χ1v) is 7.45. The van der Waals surface area contributed by atoms with Gasteiger partial charge in [0.1, 0.15) is 6.54 Å². The molecule has 116 valence electrons. The normalized spacial score (nSPS) is 12.5. The molecule has 0 atom stereocenters. The third-order valence-corrected chi connectivity index (χ3v) is 3.93. The highest BCUT2D eigenvalue weighted by molar-refractivity contribution is 7.15. The van der Waals surface area contributed by atoms with E-state index in [4.69, 9.17) is 0 Å². The van der Waals surface area contributed by atoms with Gasteiger partial charge in [0.05, 0.1) is 5.69 Å². The maximum Gasteiger partial charge on any atom is 0.406 e. The van der Waals surface area contributed by atoms with E-state index >= 15 is 0 Å². The fourth-order valence-corrected chi connectivity index (χ4v) is 3.24. The highest BCUT2D eigenvalue weighted by atomic mass is 32.1. The van der Waals surface area contributed by atoms with Gasteiger partial charge in [-0.2, -0.15) is 13.2 Å². The van der Waals surface area contributed by atoms with Crippen LogP contribution in [0.3, 0.4) is 0 Å². The minimum absolute atomic E-state index is 0.197. The Kier molecular flexibility index (Phi) is 5.82. The average molecular weight is 309 g/mol. The van der Waals surface area contributed by atoms with E-state index in [0.29, 0.717) is 11.7 Å². The van der Waals surface area contributed by atoms with Crippen LogP contribution in [0.1, 0.15) is 44.2 Å². The van der Waals surface area contributed by atoms with Gasteiger partial charge in [-0.15, -0.1) is 11.3 Å². The van der Waals surface area contributed by atoms with Crippen molar-refractivity contribution in [2.24, 2.45) is 0 Å². The zero-order valence-electron chi connectivity index (χ0n) is 12.5. The fourth-order valence-electron chi connectivity index (χ4n) is 1.88. The number of hydrogen-bond acceptors (Lipinski definition) is 4. The standard InChI is InChI=1S/C13H22F3N3S/c1-8(2)11-10(6-17-5)20-12(18-11)19(9(3)4)7-13(14,15)16/h8-9,17H,6-7H2,1-5H3. The number of thiazole rings is 1. The number of aromatic nitrogens is 1. The molecule has 0 radical (unpaired) electrons. The Morgan fingerprint density at radius 2 is 1.85 bits per heavy atom. The lowest BCUT2D eigenvalue weighted by Crippen LogP contribution is -2.39. The molecule has 0 bridgehead atoms. The Morgan fingerprint density at radius 1 is 1.25 bits per heavy atom. The van der Waals surface area contributed by atoms with Gasteiger partial charge in [0.2, 0.25) is 0 Å². The van der Waals surface area contributed by atoms with E-state index < -0.39 is 12.7 Å². The van der Waals surface area contributed by atoms with Crippen molar-refractivity contribution >= 4 is 16.5 Å². The maximum absolute atomic E-state index is 12.7. The minimum atomic E-state index is -4.23. The Balaban J connectivity index is 3.11. The topological polar surface area (TPSA) is 28.2 Å². The van der Waals surface area contributed by atoms with Gasteiger partial charge >= 0.3 is 6.18 Å². The summed E-state index contributed by atoms with van der Waals surface area (Å²) in [5, 5.41) is 3.49. The molecule has 0 aromatic carbocycles. The van der Waals surface area contributed by atoms with Crippen molar-refractivity contribution in [1.29, 1.82) is 0 Å². The molecule has 1 aromatic rings. The Hall–Kier alpha value is -0.820. The lowest BCUT2D eigenvalue weighted by molar-refractivity contribution is -0.120. The third-order valence-electron chi connectivity index (χ3n) is 2.82. The van der Waals surface area contributed by atoms with Crippen LogP contribution in [0.5, 0.6) is 0 Å². The molecule has 20 heavy (non-hydrogen) atoms. The van der Waals surface area contributed by atoms with Crippen LogP contribution < -0.4 is 10.2 Å². The number of hydrogen-bond donors (Lipinski definition) is 1. The molecule has 0 unspecified atom stereocenters. The summed E-state index contributed by atoms with van der Waals surface area (Å²) in [7, 11) is 1.82. The van der Waals surface area contributed by atoms with E-state index in [0.717, 1.165) is 10.6 Å². The molecule has 0 aliphatic rings. The van der Waals surface area contributed by atoms with Crippen molar-refractivity contribution < 1.29 is 13.2 Å². The van der Waals surface area contributed by atoms with Crippen LogP contribution in [0.25, 0.3) is 0 Å². The summed E-state index contributed by atoms with van der Waals surface area (Å²) in [6, 6.07) is -0.245. The molecule has 0 aliphatic carbocycles. The van der Waals surface area contributed by atoms with Gasteiger partial charge in [0.25, 0.3) is 0 Å². The molecule has 7 heteroatoms. The molecule has 0 fully saturated rings. The summed E-state index contributed by atoms with van der Waals surface area (Å²) >= 11 is 1.34. The van der Waals surface area contributed by atoms with E-state index in [-0.39, 0.29) is 12.0 Å². The van der Waals surface area contributed by atoms with E-state index in [1.54, 1.807) is 13.8 Å². The molecule has 1 heterocycles. The van der Waals surface area contributed by atoms with E-state index in [1.807, 2.05) is 20.9 Å². The molecule has 0 aliphatic heterocycles. The summed E-state index contributed by atoms with van der Waals surface area (Å²) in [6.45, 7) is 7.17. The summed E-state index contributed by atoms with van der Waals surface area (Å²) in [5.41, 5.74) is 0.882. The van der Waals surface area contributed by atoms with Crippen molar-refractivity contribution in [1.82, 2.24) is 10.3 Å². The van der Waals surface area contributed by atoms with E-state index in [1.165, 1.54) is 16.2 Å². The molecular weight excluding hydrogens is 287 g/mol. The Bertz CT molecular complexity index is 427. The number of anilines is 1. The monoisotopic (exact) mass is 309 g/mol. The number of nitrogens with zero attached hydrogens (tertiary/aromatic N) is 2. The first-order chi connectivity index (χ1) is 9.15. The number of nitrogens with one attached hydrogen (secondary N) is 1. The average Bonchev–Trinajstić information content (AvgIpc) is 2.69. The van der Waals surface area contributed by atoms with Gasteiger partial charge in [-0.1, -0.05) is 13.8 Å². The molecule has 1 aromatic heterocycles. The van der Waals surface area contributed by atoms with Gasteiger partial charge in [0, 0.05) is 17.5 Å². The fraction of sp³-hybridized carbons (Fsp3) is 0.769. The van der Waals surface area contributed by atoms with Crippen molar-refractivity contribution in [3.05, 3.63) is 10.6 Å². The Labute approximate surface area is 122 Å². The number of rotatable bonds is 6. The van der Waals surface area contributed by atoms with E-state index in [9.17, 15) is 13.2 Å². The summed E-state index contributed by atoms with van der Waals surface area (Å²) in [5.74, 6) is 0.197. The number of alkyl halides is 3. The first kappa shape index (κ1) is 17.2. The van der Waals surface area contributed by atoms with Crippen LogP contribution in [0, 0.1) is 0 Å². The largest absolute Gasteiger partial charge is 0.406 e. The van der Waals surface area contributed by atoms with Crippen LogP contribution >= 0.6 is 11.3 Å². The second-order valence-electron chi connectivity index (χ2n) is 5.33. The highest BCUT2D eigenvalue weighted by Crippen LogP contribution is 2.33. The molecule has 0 saturated heterocycles. The second kappa shape index (κ2) is 6.76. The van der Waals surface area contributed by atoms with Crippen molar-refractivity contribution in [2.45, 2.75) is 52.4 Å². The van der Waals surface area contributed by atoms with Crippen molar-refractivity contribution in [2.75, 3.05) is 18.5 Å². The van der Waals surface area contributed by atoms with Gasteiger partial charge in [0.15, 0.2) is 5.13 Å². The van der Waals surface area contributed by atoms with Gasteiger partial charge in [-0.25, -0.2) is 4.98 Å². The SMILES string of the molecule is CNCc1sc(N(CC(F)(F)F)C(C)C)nc1C(C)C. The summed E-state index contributed by atoms with van der Waals surface area (Å²) < 4.78 is 38.1. The summed E-state index contributed by atoms with van der Waals surface area (Å²) in [6.07, 6.45) is -4.23. The smallest absolute Gasteiger partial charge is 0.337 e. The van der Waals surface area contributed by atoms with Gasteiger partial charge < -0.3 is 10.2 Å². The highest BCUT2D eigenvalue weighted by Gasteiger charge is 2.33. The first-order valence-electron chi connectivity index (χ1n) is 6.63. The Morgan fingerprint density at radius 3 is 2.25 bits per heavy atom. The minimum Gasteiger partial charge on any atom is -0.337 e. The number of halogens is 3. The van der Waals surface area contributed by atoms with Crippen LogP contribution in [-0.4, -0.2) is 30.8 Å². The lowest BCUT2D eigenvalue weighted by Gasteiger charge is -2.27. The van der Waals surface area contributed by atoms with Crippen molar-refractivity contribution in [3.63, 3.8) is 0 Å². The molecule has 3 nitrogen and oxygen atoms in total.